The molecule has 0 spiro atoms. The summed E-state index contributed by atoms with van der Waals surface area (Å²) in [5, 5.41) is 3.17. The van der Waals surface area contributed by atoms with Crippen LogP contribution >= 0.6 is 0 Å². The molecule has 6 rings (SSSR count). The molecule has 1 saturated carbocycles. The Hall–Kier alpha value is -3.37. The van der Waals surface area contributed by atoms with Crippen molar-refractivity contribution in [2.45, 2.75) is 63.7 Å². The second-order valence-electron chi connectivity index (χ2n) is 10.7. The molecule has 1 aliphatic carbocycles. The van der Waals surface area contributed by atoms with Crippen LogP contribution in [0.2, 0.25) is 0 Å². The van der Waals surface area contributed by atoms with E-state index in [2.05, 4.69) is 20.2 Å². The number of anilines is 1. The topological polar surface area (TPSA) is 105 Å². The Labute approximate surface area is 227 Å². The minimum atomic E-state index is -0.519. The summed E-state index contributed by atoms with van der Waals surface area (Å²) >= 11 is 0. The minimum absolute atomic E-state index is 0.0109. The number of hydrogen-bond acceptors (Lipinski definition) is 7. The van der Waals surface area contributed by atoms with Gasteiger partial charge in [0.1, 0.15) is 11.6 Å². The summed E-state index contributed by atoms with van der Waals surface area (Å²) in [5.41, 5.74) is 2.91. The fraction of sp³-hybridized carbons (Fsp3) is 0.517. The average molecular weight is 535 g/mol. The first-order valence-electron chi connectivity index (χ1n) is 14.1. The molecule has 0 bridgehead atoms. The Balaban J connectivity index is 1.17. The number of nitrogens with one attached hydrogen (secondary N) is 2. The monoisotopic (exact) mass is 534 g/mol. The molecule has 206 valence electrons. The van der Waals surface area contributed by atoms with Gasteiger partial charge < -0.3 is 24.7 Å². The highest BCUT2D eigenvalue weighted by Gasteiger charge is 2.30. The number of ether oxygens (including phenoxy) is 2. The summed E-state index contributed by atoms with van der Waals surface area (Å²) in [6.07, 6.45) is 9.57. The molecule has 0 radical (unpaired) electrons. The standard InChI is InChI=1S/C29H35FN6O3/c30-21-10-8-19(9-11-21)26-27(23-12-13-31-29(33-23)36-14-4-5-15-36)35-24(34-26)16-25-38-17-20(18-39-25)28(37)32-22-6-2-1-3-7-22/h8-13,20,22,25H,1-7,14-18H2,(H,32,37)(H,34,35). The van der Waals surface area contributed by atoms with Crippen LogP contribution in [0.25, 0.3) is 22.6 Å². The summed E-state index contributed by atoms with van der Waals surface area (Å²) in [4.78, 5) is 32.5. The largest absolute Gasteiger partial charge is 0.353 e. The van der Waals surface area contributed by atoms with E-state index < -0.39 is 6.29 Å². The zero-order valence-electron chi connectivity index (χ0n) is 22.1. The van der Waals surface area contributed by atoms with Gasteiger partial charge in [0, 0.05) is 30.9 Å². The first-order valence-corrected chi connectivity index (χ1v) is 14.1. The zero-order chi connectivity index (χ0) is 26.6. The first kappa shape index (κ1) is 25.9. The number of aromatic nitrogens is 4. The van der Waals surface area contributed by atoms with Crippen LogP contribution in [0, 0.1) is 11.7 Å². The van der Waals surface area contributed by atoms with Crippen molar-refractivity contribution in [2.24, 2.45) is 5.92 Å². The molecule has 10 heteroatoms. The quantitative estimate of drug-likeness (QED) is 0.467. The summed E-state index contributed by atoms with van der Waals surface area (Å²) in [7, 11) is 0. The van der Waals surface area contributed by atoms with Crippen molar-refractivity contribution in [3.05, 3.63) is 48.2 Å². The number of hydrogen-bond donors (Lipinski definition) is 2. The maximum Gasteiger partial charge on any atom is 0.228 e. The Bertz CT molecular complexity index is 1260. The lowest BCUT2D eigenvalue weighted by molar-refractivity contribution is -0.201. The van der Waals surface area contributed by atoms with Gasteiger partial charge in [0.25, 0.3) is 0 Å². The number of halogens is 1. The number of carbonyl (C=O) groups is 1. The lowest BCUT2D eigenvalue weighted by Crippen LogP contribution is -2.46. The van der Waals surface area contributed by atoms with Gasteiger partial charge in [0.2, 0.25) is 11.9 Å². The maximum atomic E-state index is 13.7. The van der Waals surface area contributed by atoms with E-state index in [1.807, 2.05) is 6.07 Å². The number of amides is 1. The molecule has 9 nitrogen and oxygen atoms in total. The lowest BCUT2D eigenvalue weighted by atomic mass is 9.95. The summed E-state index contributed by atoms with van der Waals surface area (Å²) < 4.78 is 25.6. The van der Waals surface area contributed by atoms with E-state index >= 15 is 0 Å². The van der Waals surface area contributed by atoms with E-state index in [4.69, 9.17) is 19.4 Å². The van der Waals surface area contributed by atoms with E-state index in [0.717, 1.165) is 55.7 Å². The molecule has 3 fully saturated rings. The third-order valence-corrected chi connectivity index (χ3v) is 7.81. The predicted molar refractivity (Wildman–Crippen MR) is 144 cm³/mol. The van der Waals surface area contributed by atoms with Gasteiger partial charge in [-0.2, -0.15) is 0 Å². The Morgan fingerprint density at radius 3 is 2.49 bits per heavy atom. The third kappa shape index (κ3) is 6.12. The van der Waals surface area contributed by atoms with Crippen LogP contribution in [-0.4, -0.2) is 64.5 Å². The van der Waals surface area contributed by atoms with Gasteiger partial charge in [-0.3, -0.25) is 4.79 Å². The molecule has 0 atom stereocenters. The van der Waals surface area contributed by atoms with Gasteiger partial charge in [-0.05, 0) is 56.0 Å². The smallest absolute Gasteiger partial charge is 0.228 e. The van der Waals surface area contributed by atoms with Crippen LogP contribution in [0.5, 0.6) is 0 Å². The first-order chi connectivity index (χ1) is 19.1. The van der Waals surface area contributed by atoms with Gasteiger partial charge in [-0.1, -0.05) is 19.3 Å². The number of carbonyl (C=O) groups excluding carboxylic acids is 1. The molecule has 2 N–H and O–H groups in total. The van der Waals surface area contributed by atoms with E-state index in [1.54, 1.807) is 18.3 Å². The van der Waals surface area contributed by atoms with Gasteiger partial charge in [0.15, 0.2) is 6.29 Å². The second kappa shape index (κ2) is 11.8. The molecule has 0 unspecified atom stereocenters. The normalized spacial score (nSPS) is 22.2. The molecule has 39 heavy (non-hydrogen) atoms. The molecule has 1 amide bonds. The Morgan fingerprint density at radius 1 is 1.00 bits per heavy atom. The minimum Gasteiger partial charge on any atom is -0.353 e. The number of nitrogens with zero attached hydrogens (tertiary/aromatic N) is 4. The van der Waals surface area contributed by atoms with Crippen LogP contribution in [-0.2, 0) is 20.7 Å². The third-order valence-electron chi connectivity index (χ3n) is 7.81. The molecular formula is C29H35FN6O3. The van der Waals surface area contributed by atoms with Crippen molar-refractivity contribution < 1.29 is 18.7 Å². The fourth-order valence-corrected chi connectivity index (χ4v) is 5.61. The fourth-order valence-electron chi connectivity index (χ4n) is 5.61. The molecule has 4 heterocycles. The number of rotatable bonds is 7. The average Bonchev–Trinajstić information content (AvgIpc) is 3.66. The predicted octanol–water partition coefficient (Wildman–Crippen LogP) is 4.25. The Kier molecular flexibility index (Phi) is 7.83. The van der Waals surface area contributed by atoms with Crippen molar-refractivity contribution >= 4 is 11.9 Å². The molecule has 3 aliphatic rings. The zero-order valence-corrected chi connectivity index (χ0v) is 22.1. The highest BCUT2D eigenvalue weighted by atomic mass is 19.1. The number of imidazole rings is 1. The molecule has 2 saturated heterocycles. The van der Waals surface area contributed by atoms with Crippen LogP contribution < -0.4 is 10.2 Å². The maximum absolute atomic E-state index is 13.7. The Morgan fingerprint density at radius 2 is 1.74 bits per heavy atom. The van der Waals surface area contributed by atoms with Gasteiger partial charge >= 0.3 is 0 Å². The number of H-pyrrole nitrogens is 1. The summed E-state index contributed by atoms with van der Waals surface area (Å²) in [6.45, 7) is 2.51. The van der Waals surface area contributed by atoms with Crippen LogP contribution in [0.4, 0.5) is 10.3 Å². The van der Waals surface area contributed by atoms with Gasteiger partial charge in [-0.25, -0.2) is 19.3 Å². The van der Waals surface area contributed by atoms with Gasteiger partial charge in [-0.15, -0.1) is 0 Å². The van der Waals surface area contributed by atoms with Crippen molar-refractivity contribution in [3.63, 3.8) is 0 Å². The number of benzene rings is 1. The molecule has 1 aromatic carbocycles. The highest BCUT2D eigenvalue weighted by molar-refractivity contribution is 5.79. The summed E-state index contributed by atoms with van der Waals surface area (Å²) in [6, 6.07) is 8.40. The SMILES string of the molecule is O=C(NC1CCCCC1)C1COC(Cc2nc(-c3ccc(F)cc3)c(-c3ccnc(N4CCCC4)n3)[nH]2)OC1. The molecule has 2 aromatic heterocycles. The van der Waals surface area contributed by atoms with E-state index in [9.17, 15) is 9.18 Å². The second-order valence-corrected chi connectivity index (χ2v) is 10.7. The van der Waals surface area contributed by atoms with Crippen LogP contribution in [0.1, 0.15) is 50.8 Å². The van der Waals surface area contributed by atoms with Crippen LogP contribution in [0.15, 0.2) is 36.5 Å². The molecule has 2 aliphatic heterocycles. The lowest BCUT2D eigenvalue weighted by Gasteiger charge is -2.30. The van der Waals surface area contributed by atoms with E-state index in [-0.39, 0.29) is 23.7 Å². The van der Waals surface area contributed by atoms with Crippen molar-refractivity contribution in [2.75, 3.05) is 31.2 Å². The van der Waals surface area contributed by atoms with E-state index in [0.29, 0.717) is 37.1 Å². The van der Waals surface area contributed by atoms with Crippen molar-refractivity contribution in [3.8, 4) is 22.6 Å². The summed E-state index contributed by atoms with van der Waals surface area (Å²) in [5.74, 6) is 0.760. The van der Waals surface area contributed by atoms with Crippen LogP contribution in [0.3, 0.4) is 0 Å². The molecular weight excluding hydrogens is 499 g/mol. The highest BCUT2D eigenvalue weighted by Crippen LogP contribution is 2.31. The van der Waals surface area contributed by atoms with E-state index in [1.165, 1.54) is 31.4 Å². The van der Waals surface area contributed by atoms with Gasteiger partial charge in [0.05, 0.1) is 42.6 Å². The van der Waals surface area contributed by atoms with Crippen molar-refractivity contribution in [1.29, 1.82) is 0 Å². The molecule has 3 aromatic rings. The number of aromatic amines is 1. The van der Waals surface area contributed by atoms with Crippen molar-refractivity contribution in [1.82, 2.24) is 25.3 Å².